The van der Waals surface area contributed by atoms with E-state index in [1.807, 2.05) is 4.90 Å². The van der Waals surface area contributed by atoms with Crippen LogP contribution in [0.4, 0.5) is 10.2 Å². The number of carboxylic acids is 1. The predicted octanol–water partition coefficient (Wildman–Crippen LogP) is 2.55. The first-order valence-corrected chi connectivity index (χ1v) is 6.26. The van der Waals surface area contributed by atoms with Gasteiger partial charge in [-0.1, -0.05) is 13.3 Å². The number of halogens is 1. The topological polar surface area (TPSA) is 53.4 Å². The molecule has 1 N–H and O–H groups in total. The van der Waals surface area contributed by atoms with Gasteiger partial charge in [0.15, 0.2) is 11.6 Å². The van der Waals surface area contributed by atoms with E-state index in [0.717, 1.165) is 32.4 Å². The first-order valence-electron chi connectivity index (χ1n) is 6.26. The maximum Gasteiger partial charge on any atom is 0.338 e. The Bertz CT molecular complexity index is 451. The normalized spacial score (nSPS) is 19.2. The summed E-state index contributed by atoms with van der Waals surface area (Å²) in [6, 6.07) is 1.20. The first kappa shape index (κ1) is 12.8. The molecule has 18 heavy (non-hydrogen) atoms. The zero-order chi connectivity index (χ0) is 13.1. The minimum absolute atomic E-state index is 0.175. The Kier molecular flexibility index (Phi) is 3.79. The third-order valence-electron chi connectivity index (χ3n) is 3.38. The Morgan fingerprint density at radius 3 is 3.11 bits per heavy atom. The fraction of sp³-hybridized carbons (Fsp3) is 0.538. The second-order valence-corrected chi connectivity index (χ2v) is 4.69. The summed E-state index contributed by atoms with van der Waals surface area (Å²) >= 11 is 0. The van der Waals surface area contributed by atoms with Crippen LogP contribution in [0.2, 0.25) is 0 Å². The van der Waals surface area contributed by atoms with Crippen molar-refractivity contribution in [2.24, 2.45) is 5.92 Å². The third-order valence-corrected chi connectivity index (χ3v) is 3.38. The summed E-state index contributed by atoms with van der Waals surface area (Å²) < 4.78 is 14.0. The summed E-state index contributed by atoms with van der Waals surface area (Å²) in [6.45, 7) is 3.64. The van der Waals surface area contributed by atoms with Crippen LogP contribution in [0, 0.1) is 11.7 Å². The molecule has 2 heterocycles. The van der Waals surface area contributed by atoms with Crippen molar-refractivity contribution in [2.75, 3.05) is 18.0 Å². The summed E-state index contributed by atoms with van der Waals surface area (Å²) in [7, 11) is 0. The molecule has 0 radical (unpaired) electrons. The zero-order valence-electron chi connectivity index (χ0n) is 10.4. The lowest BCUT2D eigenvalue weighted by atomic mass is 10.0. The molecule has 0 aromatic carbocycles. The summed E-state index contributed by atoms with van der Waals surface area (Å²) in [5.74, 6) is -1.24. The molecule has 1 aliphatic rings. The van der Waals surface area contributed by atoms with Gasteiger partial charge in [-0.2, -0.15) is 0 Å². The molecule has 98 valence electrons. The molecule has 0 aliphatic carbocycles. The highest BCUT2D eigenvalue weighted by atomic mass is 19.1. The second-order valence-electron chi connectivity index (χ2n) is 4.69. The van der Waals surface area contributed by atoms with Gasteiger partial charge < -0.3 is 10.0 Å². The largest absolute Gasteiger partial charge is 0.478 e. The van der Waals surface area contributed by atoms with Crippen LogP contribution < -0.4 is 4.90 Å². The minimum atomic E-state index is -1.25. The Balaban J connectivity index is 2.19. The quantitative estimate of drug-likeness (QED) is 0.894. The van der Waals surface area contributed by atoms with Gasteiger partial charge in [0, 0.05) is 19.3 Å². The molecule has 1 fully saturated rings. The highest BCUT2D eigenvalue weighted by molar-refractivity contribution is 5.88. The van der Waals surface area contributed by atoms with Crippen molar-refractivity contribution in [3.8, 4) is 0 Å². The maximum absolute atomic E-state index is 14.0. The van der Waals surface area contributed by atoms with Crippen LogP contribution in [0.15, 0.2) is 12.3 Å². The van der Waals surface area contributed by atoms with E-state index in [0.29, 0.717) is 5.92 Å². The number of carboxylic acid groups (broad SMARTS) is 1. The fourth-order valence-corrected chi connectivity index (χ4v) is 2.49. The van der Waals surface area contributed by atoms with Crippen molar-refractivity contribution in [1.82, 2.24) is 4.98 Å². The maximum atomic E-state index is 14.0. The van der Waals surface area contributed by atoms with E-state index in [4.69, 9.17) is 5.11 Å². The lowest BCUT2D eigenvalue weighted by Gasteiger charge is -2.18. The third kappa shape index (κ3) is 2.44. The second kappa shape index (κ2) is 5.33. The fourth-order valence-electron chi connectivity index (χ4n) is 2.49. The number of anilines is 1. The average molecular weight is 252 g/mol. The van der Waals surface area contributed by atoms with Gasteiger partial charge in [0.25, 0.3) is 0 Å². The molecule has 2 rings (SSSR count). The number of rotatable bonds is 4. The van der Waals surface area contributed by atoms with Crippen molar-refractivity contribution in [3.63, 3.8) is 0 Å². The molecule has 0 saturated carbocycles. The smallest absolute Gasteiger partial charge is 0.338 e. The number of pyridine rings is 1. The SMILES string of the molecule is CCCC1CCN(c2nccc(C(=O)O)c2F)C1. The lowest BCUT2D eigenvalue weighted by molar-refractivity contribution is 0.0692. The van der Waals surface area contributed by atoms with Gasteiger partial charge in [-0.3, -0.25) is 0 Å². The highest BCUT2D eigenvalue weighted by Crippen LogP contribution is 2.27. The molecule has 4 nitrogen and oxygen atoms in total. The summed E-state index contributed by atoms with van der Waals surface area (Å²) in [5, 5.41) is 8.88. The van der Waals surface area contributed by atoms with E-state index in [-0.39, 0.29) is 11.4 Å². The Morgan fingerprint density at radius 1 is 1.67 bits per heavy atom. The van der Waals surface area contributed by atoms with Gasteiger partial charge in [0.2, 0.25) is 0 Å². The van der Waals surface area contributed by atoms with Gasteiger partial charge in [-0.25, -0.2) is 14.2 Å². The lowest BCUT2D eigenvalue weighted by Crippen LogP contribution is -2.23. The van der Waals surface area contributed by atoms with E-state index in [9.17, 15) is 9.18 Å². The van der Waals surface area contributed by atoms with Crippen LogP contribution in [0.5, 0.6) is 0 Å². The number of nitrogens with zero attached hydrogens (tertiary/aromatic N) is 2. The van der Waals surface area contributed by atoms with Crippen LogP contribution in [-0.2, 0) is 0 Å². The van der Waals surface area contributed by atoms with Gasteiger partial charge in [0.05, 0.1) is 0 Å². The number of carbonyl (C=O) groups is 1. The molecular formula is C13H17FN2O2. The molecule has 0 amide bonds. The van der Waals surface area contributed by atoms with Crippen molar-refractivity contribution in [1.29, 1.82) is 0 Å². The average Bonchev–Trinajstić information content (AvgIpc) is 2.78. The molecule has 0 bridgehead atoms. The standard InChI is InChI=1S/C13H17FN2O2/c1-2-3-9-5-7-16(8-9)12-11(14)10(13(17)18)4-6-15-12/h4,6,9H,2-3,5,7-8H2,1H3,(H,17,18). The molecule has 1 atom stereocenters. The van der Waals surface area contributed by atoms with E-state index in [1.165, 1.54) is 12.3 Å². The van der Waals surface area contributed by atoms with Crippen LogP contribution in [0.25, 0.3) is 0 Å². The minimum Gasteiger partial charge on any atom is -0.478 e. The molecule has 1 aromatic heterocycles. The zero-order valence-corrected chi connectivity index (χ0v) is 10.4. The number of hydrogen-bond acceptors (Lipinski definition) is 3. The molecule has 0 spiro atoms. The Hall–Kier alpha value is -1.65. The molecule has 1 aliphatic heterocycles. The number of hydrogen-bond donors (Lipinski definition) is 1. The molecule has 1 aromatic rings. The summed E-state index contributed by atoms with van der Waals surface area (Å²) in [5.41, 5.74) is -0.307. The van der Waals surface area contributed by atoms with E-state index < -0.39 is 11.8 Å². The van der Waals surface area contributed by atoms with Crippen LogP contribution >= 0.6 is 0 Å². The molecule has 5 heteroatoms. The van der Waals surface area contributed by atoms with E-state index >= 15 is 0 Å². The van der Waals surface area contributed by atoms with Crippen LogP contribution in [0.3, 0.4) is 0 Å². The van der Waals surface area contributed by atoms with Crippen molar-refractivity contribution in [2.45, 2.75) is 26.2 Å². The summed E-state index contributed by atoms with van der Waals surface area (Å²) in [4.78, 5) is 16.7. The van der Waals surface area contributed by atoms with E-state index in [1.54, 1.807) is 0 Å². The van der Waals surface area contributed by atoms with Gasteiger partial charge >= 0.3 is 5.97 Å². The molecular weight excluding hydrogens is 235 g/mol. The van der Waals surface area contributed by atoms with Gasteiger partial charge in [0.1, 0.15) is 5.56 Å². The molecule has 1 saturated heterocycles. The summed E-state index contributed by atoms with van der Waals surface area (Å²) in [6.07, 6.45) is 4.61. The van der Waals surface area contributed by atoms with Crippen molar-refractivity contribution >= 4 is 11.8 Å². The monoisotopic (exact) mass is 252 g/mol. The van der Waals surface area contributed by atoms with E-state index in [2.05, 4.69) is 11.9 Å². The highest BCUT2D eigenvalue weighted by Gasteiger charge is 2.26. The van der Waals surface area contributed by atoms with Crippen LogP contribution in [0.1, 0.15) is 36.5 Å². The number of aromatic carboxylic acids is 1. The Morgan fingerprint density at radius 2 is 2.44 bits per heavy atom. The van der Waals surface area contributed by atoms with Crippen molar-refractivity contribution < 1.29 is 14.3 Å². The van der Waals surface area contributed by atoms with Gasteiger partial charge in [-0.05, 0) is 24.8 Å². The predicted molar refractivity (Wildman–Crippen MR) is 66.4 cm³/mol. The van der Waals surface area contributed by atoms with Crippen molar-refractivity contribution in [3.05, 3.63) is 23.6 Å². The van der Waals surface area contributed by atoms with Gasteiger partial charge in [-0.15, -0.1) is 0 Å². The number of aromatic nitrogens is 1. The Labute approximate surface area is 105 Å². The molecule has 1 unspecified atom stereocenters. The van der Waals surface area contributed by atoms with Crippen LogP contribution in [-0.4, -0.2) is 29.1 Å². The first-order chi connectivity index (χ1) is 8.63.